The zero-order valence-corrected chi connectivity index (χ0v) is 15.4. The van der Waals surface area contributed by atoms with Gasteiger partial charge >= 0.3 is 0 Å². The summed E-state index contributed by atoms with van der Waals surface area (Å²) in [5.74, 6) is 0. The molecular weight excluding hydrogens is 348 g/mol. The van der Waals surface area contributed by atoms with Crippen molar-refractivity contribution in [1.29, 1.82) is 0 Å². The molecule has 0 aliphatic carbocycles. The molecule has 0 saturated carbocycles. The van der Waals surface area contributed by atoms with Crippen LogP contribution >= 0.6 is 11.6 Å². The summed E-state index contributed by atoms with van der Waals surface area (Å²) in [6, 6.07) is 36.3. The van der Waals surface area contributed by atoms with Crippen LogP contribution in [-0.2, 0) is 0 Å². The largest absolute Gasteiger partial charge is 0.0843 e. The number of fused-ring (bicyclic) bond motifs is 3. The van der Waals surface area contributed by atoms with E-state index >= 15 is 0 Å². The zero-order chi connectivity index (χ0) is 18.2. The van der Waals surface area contributed by atoms with Crippen LogP contribution in [0.4, 0.5) is 0 Å². The average molecular weight is 365 g/mol. The van der Waals surface area contributed by atoms with Crippen LogP contribution < -0.4 is 0 Å². The van der Waals surface area contributed by atoms with E-state index in [4.69, 9.17) is 11.6 Å². The van der Waals surface area contributed by atoms with Crippen LogP contribution in [0.25, 0.3) is 43.8 Å². The lowest BCUT2D eigenvalue weighted by Gasteiger charge is -2.12. The van der Waals surface area contributed by atoms with Crippen LogP contribution in [-0.4, -0.2) is 0 Å². The van der Waals surface area contributed by atoms with E-state index in [-0.39, 0.29) is 0 Å². The molecule has 0 spiro atoms. The lowest BCUT2D eigenvalue weighted by atomic mass is 9.92. The van der Waals surface area contributed by atoms with Gasteiger partial charge in [-0.1, -0.05) is 90.5 Å². The minimum atomic E-state index is 0.770. The molecule has 0 saturated heterocycles. The monoisotopic (exact) mass is 364 g/mol. The predicted molar refractivity (Wildman–Crippen MR) is 117 cm³/mol. The molecule has 0 radical (unpaired) electrons. The van der Waals surface area contributed by atoms with Gasteiger partial charge in [0.05, 0.1) is 0 Å². The molecule has 0 amide bonds. The van der Waals surface area contributed by atoms with Crippen molar-refractivity contribution in [3.63, 3.8) is 0 Å². The Labute approximate surface area is 163 Å². The fourth-order valence-corrected chi connectivity index (χ4v) is 3.98. The lowest BCUT2D eigenvalue weighted by Crippen LogP contribution is -1.86. The van der Waals surface area contributed by atoms with E-state index in [0.717, 1.165) is 5.02 Å². The second-order valence-electron chi connectivity index (χ2n) is 6.78. The highest BCUT2D eigenvalue weighted by Gasteiger charge is 2.09. The first-order valence-electron chi connectivity index (χ1n) is 9.06. The summed E-state index contributed by atoms with van der Waals surface area (Å²) in [4.78, 5) is 0. The molecule has 0 aliphatic heterocycles. The van der Waals surface area contributed by atoms with E-state index < -0.39 is 0 Å². The molecule has 0 heterocycles. The maximum absolute atomic E-state index is 6.26. The van der Waals surface area contributed by atoms with Crippen LogP contribution in [0.15, 0.2) is 103 Å². The molecule has 1 heteroatoms. The van der Waals surface area contributed by atoms with Gasteiger partial charge in [-0.15, -0.1) is 0 Å². The van der Waals surface area contributed by atoms with Crippen LogP contribution in [0.5, 0.6) is 0 Å². The van der Waals surface area contributed by atoms with Crippen molar-refractivity contribution in [1.82, 2.24) is 0 Å². The number of hydrogen-bond acceptors (Lipinski definition) is 0. The van der Waals surface area contributed by atoms with Gasteiger partial charge in [0, 0.05) is 5.02 Å². The summed E-state index contributed by atoms with van der Waals surface area (Å²) in [5, 5.41) is 5.65. The van der Waals surface area contributed by atoms with Gasteiger partial charge in [-0.3, -0.25) is 0 Å². The summed E-state index contributed by atoms with van der Waals surface area (Å²) in [6.45, 7) is 0. The molecular formula is C26H17Cl. The first-order valence-corrected chi connectivity index (χ1v) is 9.44. The molecule has 0 aliphatic rings. The Bertz CT molecular complexity index is 1270. The van der Waals surface area contributed by atoms with Gasteiger partial charge in [0.1, 0.15) is 0 Å². The topological polar surface area (TPSA) is 0 Å². The normalized spacial score (nSPS) is 11.1. The molecule has 0 fully saturated rings. The van der Waals surface area contributed by atoms with Gasteiger partial charge in [-0.25, -0.2) is 0 Å². The minimum Gasteiger partial charge on any atom is -0.0843 e. The third-order valence-corrected chi connectivity index (χ3v) is 5.34. The fraction of sp³-hybridized carbons (Fsp3) is 0. The maximum Gasteiger partial charge on any atom is 0.0412 e. The van der Waals surface area contributed by atoms with Crippen molar-refractivity contribution in [3.05, 3.63) is 108 Å². The Hall–Kier alpha value is -3.09. The van der Waals surface area contributed by atoms with Crippen molar-refractivity contribution in [2.45, 2.75) is 0 Å². The van der Waals surface area contributed by atoms with Gasteiger partial charge in [-0.2, -0.15) is 0 Å². The second kappa shape index (κ2) is 6.57. The van der Waals surface area contributed by atoms with Crippen LogP contribution in [0, 0.1) is 0 Å². The number of hydrogen-bond donors (Lipinski definition) is 0. The molecule has 0 bridgehead atoms. The van der Waals surface area contributed by atoms with Crippen molar-refractivity contribution < 1.29 is 0 Å². The maximum atomic E-state index is 6.26. The van der Waals surface area contributed by atoms with Gasteiger partial charge < -0.3 is 0 Å². The van der Waals surface area contributed by atoms with E-state index in [1.165, 1.54) is 43.8 Å². The van der Waals surface area contributed by atoms with E-state index in [9.17, 15) is 0 Å². The molecule has 5 aromatic rings. The van der Waals surface area contributed by atoms with Gasteiger partial charge in [0.15, 0.2) is 0 Å². The summed E-state index contributed by atoms with van der Waals surface area (Å²) < 4.78 is 0. The average Bonchev–Trinajstić information content (AvgIpc) is 2.74. The van der Waals surface area contributed by atoms with Crippen molar-refractivity contribution in [2.75, 3.05) is 0 Å². The van der Waals surface area contributed by atoms with Gasteiger partial charge in [-0.05, 0) is 68.1 Å². The molecule has 0 atom stereocenters. The molecule has 27 heavy (non-hydrogen) atoms. The smallest absolute Gasteiger partial charge is 0.0412 e. The third-order valence-electron chi connectivity index (χ3n) is 5.10. The molecule has 5 aromatic carbocycles. The summed E-state index contributed by atoms with van der Waals surface area (Å²) in [5.41, 5.74) is 4.94. The quantitative estimate of drug-likeness (QED) is 0.278. The summed E-state index contributed by atoms with van der Waals surface area (Å²) >= 11 is 6.26. The standard InChI is InChI=1S/C26H17Cl/c27-22-14-13-21-16-25(23-11-4-5-12-24(23)26(21)17-22)20-10-6-9-19(15-20)18-7-2-1-3-8-18/h1-17H. The highest BCUT2D eigenvalue weighted by atomic mass is 35.5. The Morgan fingerprint density at radius 2 is 1.15 bits per heavy atom. The van der Waals surface area contributed by atoms with Crippen molar-refractivity contribution in [2.24, 2.45) is 0 Å². The molecule has 0 nitrogen and oxygen atoms in total. The minimum absolute atomic E-state index is 0.770. The summed E-state index contributed by atoms with van der Waals surface area (Å²) in [6.07, 6.45) is 0. The van der Waals surface area contributed by atoms with E-state index in [1.807, 2.05) is 6.07 Å². The zero-order valence-electron chi connectivity index (χ0n) is 14.7. The van der Waals surface area contributed by atoms with E-state index in [2.05, 4.69) is 97.1 Å². The van der Waals surface area contributed by atoms with E-state index in [0.29, 0.717) is 0 Å². The Morgan fingerprint density at radius 1 is 0.444 bits per heavy atom. The van der Waals surface area contributed by atoms with E-state index in [1.54, 1.807) is 0 Å². The SMILES string of the molecule is Clc1ccc2cc(-c3cccc(-c4ccccc4)c3)c3ccccc3c2c1. The van der Waals surface area contributed by atoms with Crippen LogP contribution in [0.1, 0.15) is 0 Å². The van der Waals surface area contributed by atoms with Crippen molar-refractivity contribution in [3.8, 4) is 22.3 Å². The molecule has 0 unspecified atom stereocenters. The number of halogens is 1. The molecule has 0 N–H and O–H groups in total. The van der Waals surface area contributed by atoms with Crippen LogP contribution in [0.2, 0.25) is 5.02 Å². The second-order valence-corrected chi connectivity index (χ2v) is 7.22. The highest BCUT2D eigenvalue weighted by Crippen LogP contribution is 2.37. The van der Waals surface area contributed by atoms with Crippen LogP contribution in [0.3, 0.4) is 0 Å². The predicted octanol–water partition coefficient (Wildman–Crippen LogP) is 7.98. The molecule has 5 rings (SSSR count). The third kappa shape index (κ3) is 2.89. The Balaban J connectivity index is 1.79. The number of benzene rings is 5. The van der Waals surface area contributed by atoms with Gasteiger partial charge in [0.25, 0.3) is 0 Å². The summed E-state index contributed by atoms with van der Waals surface area (Å²) in [7, 11) is 0. The van der Waals surface area contributed by atoms with Crippen molar-refractivity contribution >= 4 is 33.1 Å². The fourth-order valence-electron chi connectivity index (χ4n) is 3.81. The van der Waals surface area contributed by atoms with Gasteiger partial charge in [0.2, 0.25) is 0 Å². The first-order chi connectivity index (χ1) is 13.3. The molecule has 0 aromatic heterocycles. The Kier molecular flexibility index (Phi) is 3.92. The molecule has 128 valence electrons. The Morgan fingerprint density at radius 3 is 2.00 bits per heavy atom. The highest BCUT2D eigenvalue weighted by molar-refractivity contribution is 6.32. The number of rotatable bonds is 2. The lowest BCUT2D eigenvalue weighted by molar-refractivity contribution is 1.61. The first kappa shape index (κ1) is 16.1.